The molecule has 0 aliphatic carbocycles. The van der Waals surface area contributed by atoms with Crippen molar-refractivity contribution in [3.63, 3.8) is 0 Å². The number of benzene rings is 2. The molecule has 0 atom stereocenters. The quantitative estimate of drug-likeness (QED) is 0.423. The molecule has 9 nitrogen and oxygen atoms in total. The van der Waals surface area contributed by atoms with Gasteiger partial charge in [-0.15, -0.1) is 0 Å². The van der Waals surface area contributed by atoms with Gasteiger partial charge in [0.15, 0.2) is 0 Å². The maximum atomic E-state index is 12.8. The number of aliphatic carboxylic acids is 1. The SMILES string of the molecule is CC(C)(C)CN1CC(C(=O)NS(=O)(=O)c2ccc(CCNC(=O)Cc3ccccc3)cc2)=CC=C1C(=O)O. The van der Waals surface area contributed by atoms with Crippen LogP contribution in [0.1, 0.15) is 31.9 Å². The Morgan fingerprint density at radius 2 is 1.61 bits per heavy atom. The number of carbonyl (C=O) groups excluding carboxylic acids is 2. The lowest BCUT2D eigenvalue weighted by Crippen LogP contribution is -2.41. The molecule has 0 aromatic heterocycles. The standard InChI is InChI=1S/C28H33N3O6S/c1-28(2,3)19-31-18-22(11-14-24(31)27(34)35)26(33)30-38(36,37)23-12-9-20(10-13-23)15-16-29-25(32)17-21-7-5-4-6-8-21/h4-14H,15-19H2,1-3H3,(H,29,32)(H,30,33)(H,34,35). The van der Waals surface area contributed by atoms with Crippen molar-refractivity contribution >= 4 is 27.8 Å². The van der Waals surface area contributed by atoms with E-state index in [0.29, 0.717) is 19.5 Å². The smallest absolute Gasteiger partial charge is 0.352 e. The van der Waals surface area contributed by atoms with E-state index in [-0.39, 0.29) is 40.5 Å². The zero-order valence-corrected chi connectivity index (χ0v) is 22.5. The fourth-order valence-electron chi connectivity index (χ4n) is 3.97. The predicted octanol–water partition coefficient (Wildman–Crippen LogP) is 2.65. The van der Waals surface area contributed by atoms with Gasteiger partial charge in [0, 0.05) is 25.2 Å². The van der Waals surface area contributed by atoms with Crippen molar-refractivity contribution in [2.45, 2.75) is 38.5 Å². The second-order valence-corrected chi connectivity index (χ2v) is 12.0. The summed E-state index contributed by atoms with van der Waals surface area (Å²) in [6.45, 7) is 6.58. The van der Waals surface area contributed by atoms with Crippen LogP contribution in [0.3, 0.4) is 0 Å². The van der Waals surface area contributed by atoms with Crippen LogP contribution < -0.4 is 10.0 Å². The van der Waals surface area contributed by atoms with Gasteiger partial charge in [0.1, 0.15) is 5.70 Å². The van der Waals surface area contributed by atoms with Gasteiger partial charge in [-0.1, -0.05) is 63.2 Å². The Kier molecular flexibility index (Phi) is 9.11. The number of hydrogen-bond acceptors (Lipinski definition) is 6. The summed E-state index contributed by atoms with van der Waals surface area (Å²) in [7, 11) is -4.14. The fraction of sp³-hybridized carbons (Fsp3) is 0.321. The van der Waals surface area contributed by atoms with Crippen LogP contribution >= 0.6 is 0 Å². The molecule has 202 valence electrons. The molecule has 0 spiro atoms. The van der Waals surface area contributed by atoms with Crippen molar-refractivity contribution in [3.8, 4) is 0 Å². The summed E-state index contributed by atoms with van der Waals surface area (Å²) in [5.41, 5.74) is 1.70. The van der Waals surface area contributed by atoms with E-state index in [1.165, 1.54) is 24.3 Å². The van der Waals surface area contributed by atoms with Gasteiger partial charge < -0.3 is 15.3 Å². The Balaban J connectivity index is 1.57. The molecule has 1 aliphatic heterocycles. The number of hydrogen-bond donors (Lipinski definition) is 3. The molecule has 0 unspecified atom stereocenters. The number of carboxylic acid groups (broad SMARTS) is 1. The van der Waals surface area contributed by atoms with Gasteiger partial charge in [-0.25, -0.2) is 17.9 Å². The summed E-state index contributed by atoms with van der Waals surface area (Å²) in [5.74, 6) is -2.02. The summed E-state index contributed by atoms with van der Waals surface area (Å²) < 4.78 is 27.7. The van der Waals surface area contributed by atoms with E-state index in [1.807, 2.05) is 51.1 Å². The third-order valence-electron chi connectivity index (χ3n) is 5.72. The van der Waals surface area contributed by atoms with E-state index >= 15 is 0 Å². The van der Waals surface area contributed by atoms with Crippen LogP contribution in [0.4, 0.5) is 0 Å². The van der Waals surface area contributed by atoms with E-state index in [0.717, 1.165) is 11.1 Å². The van der Waals surface area contributed by atoms with Crippen molar-refractivity contribution in [1.29, 1.82) is 0 Å². The summed E-state index contributed by atoms with van der Waals surface area (Å²) in [6.07, 6.45) is 3.45. The molecule has 10 heteroatoms. The minimum Gasteiger partial charge on any atom is -0.477 e. The molecular formula is C28H33N3O6S. The molecule has 0 saturated heterocycles. The molecule has 38 heavy (non-hydrogen) atoms. The number of allylic oxidation sites excluding steroid dienone is 2. The third-order valence-corrected chi connectivity index (χ3v) is 7.07. The van der Waals surface area contributed by atoms with Gasteiger partial charge in [-0.2, -0.15) is 0 Å². The van der Waals surface area contributed by atoms with Crippen molar-refractivity contribution < 1.29 is 27.9 Å². The molecule has 0 radical (unpaired) electrons. The number of amides is 2. The van der Waals surface area contributed by atoms with Gasteiger partial charge in [0.25, 0.3) is 15.9 Å². The molecule has 2 amide bonds. The predicted molar refractivity (Wildman–Crippen MR) is 143 cm³/mol. The molecule has 1 aliphatic rings. The van der Waals surface area contributed by atoms with E-state index in [1.54, 1.807) is 17.0 Å². The van der Waals surface area contributed by atoms with E-state index in [2.05, 4.69) is 10.0 Å². The molecule has 0 bridgehead atoms. The molecule has 3 rings (SSSR count). The number of nitrogens with zero attached hydrogens (tertiary/aromatic N) is 1. The van der Waals surface area contributed by atoms with Crippen molar-refractivity contribution in [2.24, 2.45) is 5.41 Å². The first-order chi connectivity index (χ1) is 17.8. The highest BCUT2D eigenvalue weighted by molar-refractivity contribution is 7.90. The van der Waals surface area contributed by atoms with Gasteiger partial charge in [-0.05, 0) is 47.2 Å². The maximum absolute atomic E-state index is 12.8. The highest BCUT2D eigenvalue weighted by atomic mass is 32.2. The van der Waals surface area contributed by atoms with Crippen LogP contribution in [0.5, 0.6) is 0 Å². The maximum Gasteiger partial charge on any atom is 0.352 e. The molecule has 3 N–H and O–H groups in total. The Hall–Kier alpha value is -3.92. The molecule has 2 aromatic rings. The van der Waals surface area contributed by atoms with Crippen LogP contribution in [0, 0.1) is 5.41 Å². The van der Waals surface area contributed by atoms with Crippen LogP contribution in [0.25, 0.3) is 0 Å². The number of sulfonamides is 1. The summed E-state index contributed by atoms with van der Waals surface area (Å²) in [6, 6.07) is 15.5. The number of carbonyl (C=O) groups is 3. The first kappa shape index (κ1) is 28.6. The molecule has 0 saturated carbocycles. The third kappa shape index (κ3) is 8.31. The first-order valence-corrected chi connectivity index (χ1v) is 13.7. The lowest BCUT2D eigenvalue weighted by Gasteiger charge is -2.34. The van der Waals surface area contributed by atoms with Crippen LogP contribution in [0.15, 0.2) is 82.9 Å². The van der Waals surface area contributed by atoms with Crippen LogP contribution in [-0.2, 0) is 37.2 Å². The van der Waals surface area contributed by atoms with Crippen molar-refractivity contribution in [1.82, 2.24) is 14.9 Å². The Labute approximate surface area is 223 Å². The van der Waals surface area contributed by atoms with Crippen molar-refractivity contribution in [3.05, 3.63) is 89.1 Å². The van der Waals surface area contributed by atoms with Gasteiger partial charge in [0.2, 0.25) is 5.91 Å². The van der Waals surface area contributed by atoms with Gasteiger partial charge in [-0.3, -0.25) is 9.59 Å². The average molecular weight is 540 g/mol. The zero-order chi connectivity index (χ0) is 27.9. The summed E-state index contributed by atoms with van der Waals surface area (Å²) in [5, 5.41) is 12.3. The van der Waals surface area contributed by atoms with E-state index in [4.69, 9.17) is 0 Å². The number of nitrogens with one attached hydrogen (secondary N) is 2. The Morgan fingerprint density at radius 3 is 2.21 bits per heavy atom. The number of carboxylic acids is 1. The van der Waals surface area contributed by atoms with Gasteiger partial charge in [0.05, 0.1) is 11.3 Å². The fourth-order valence-corrected chi connectivity index (χ4v) is 4.96. The lowest BCUT2D eigenvalue weighted by atomic mass is 9.94. The second-order valence-electron chi connectivity index (χ2n) is 10.3. The second kappa shape index (κ2) is 12.1. The minimum absolute atomic E-state index is 0.0221. The first-order valence-electron chi connectivity index (χ1n) is 12.2. The van der Waals surface area contributed by atoms with Gasteiger partial charge >= 0.3 is 5.97 Å². The molecule has 2 aromatic carbocycles. The van der Waals surface area contributed by atoms with Crippen molar-refractivity contribution in [2.75, 3.05) is 19.6 Å². The average Bonchev–Trinajstić information content (AvgIpc) is 2.83. The highest BCUT2D eigenvalue weighted by Crippen LogP contribution is 2.23. The van der Waals surface area contributed by atoms with E-state index in [9.17, 15) is 27.9 Å². The topological polar surface area (TPSA) is 133 Å². The normalized spacial score (nSPS) is 13.8. The molecular weight excluding hydrogens is 506 g/mol. The summed E-state index contributed by atoms with van der Waals surface area (Å²) in [4.78, 5) is 37.9. The van der Waals surface area contributed by atoms with Crippen LogP contribution in [-0.4, -0.2) is 55.8 Å². The largest absolute Gasteiger partial charge is 0.477 e. The molecule has 0 fully saturated rings. The molecule has 1 heterocycles. The Bertz CT molecular complexity index is 1340. The van der Waals surface area contributed by atoms with Crippen LogP contribution in [0.2, 0.25) is 0 Å². The Morgan fingerprint density at radius 1 is 0.947 bits per heavy atom. The number of rotatable bonds is 10. The highest BCUT2D eigenvalue weighted by Gasteiger charge is 2.29. The summed E-state index contributed by atoms with van der Waals surface area (Å²) >= 11 is 0. The van der Waals surface area contributed by atoms with E-state index < -0.39 is 21.9 Å². The monoisotopic (exact) mass is 539 g/mol. The minimum atomic E-state index is -4.14. The zero-order valence-electron chi connectivity index (χ0n) is 21.7. The lowest BCUT2D eigenvalue weighted by molar-refractivity contribution is -0.134.